The van der Waals surface area contributed by atoms with Gasteiger partial charge in [0.25, 0.3) is 0 Å². The lowest BCUT2D eigenvalue weighted by molar-refractivity contribution is -0.140. The summed E-state index contributed by atoms with van der Waals surface area (Å²) in [5.74, 6) is -0.230. The highest BCUT2D eigenvalue weighted by atomic mass is 19.1. The molecular weight excluding hydrogens is 347 g/mol. The van der Waals surface area contributed by atoms with Crippen LogP contribution >= 0.6 is 0 Å². The molecule has 5 nitrogen and oxygen atoms in total. The zero-order valence-corrected chi connectivity index (χ0v) is 16.2. The van der Waals surface area contributed by atoms with Crippen LogP contribution in [0, 0.1) is 11.2 Å². The lowest BCUT2D eigenvalue weighted by atomic mass is 9.71. The molecule has 6 heteroatoms. The maximum absolute atomic E-state index is 13.1. The van der Waals surface area contributed by atoms with Crippen molar-refractivity contribution < 1.29 is 19.0 Å². The summed E-state index contributed by atoms with van der Waals surface area (Å²) in [4.78, 5) is 17.1. The molecule has 27 heavy (non-hydrogen) atoms. The van der Waals surface area contributed by atoms with E-state index < -0.39 is 0 Å². The van der Waals surface area contributed by atoms with E-state index in [1.807, 2.05) is 4.90 Å². The average molecular weight is 378 g/mol. The van der Waals surface area contributed by atoms with Gasteiger partial charge in [-0.05, 0) is 43.4 Å². The molecule has 2 heterocycles. The summed E-state index contributed by atoms with van der Waals surface area (Å²) in [5, 5.41) is 10.8. The Kier molecular flexibility index (Phi) is 6.84. The second kappa shape index (κ2) is 9.13. The Balaban J connectivity index is 1.62. The summed E-state index contributed by atoms with van der Waals surface area (Å²) < 4.78 is 18.2. The molecule has 0 unspecified atom stereocenters. The normalized spacial score (nSPS) is 26.5. The van der Waals surface area contributed by atoms with Crippen LogP contribution < -0.4 is 0 Å². The first-order chi connectivity index (χ1) is 13.0. The molecule has 1 aromatic carbocycles. The molecule has 0 bridgehead atoms. The number of benzene rings is 1. The van der Waals surface area contributed by atoms with Gasteiger partial charge in [-0.1, -0.05) is 12.1 Å². The van der Waals surface area contributed by atoms with E-state index in [1.165, 1.54) is 12.1 Å². The number of halogens is 1. The van der Waals surface area contributed by atoms with Gasteiger partial charge < -0.3 is 19.6 Å². The third kappa shape index (κ3) is 5.06. The first-order valence-corrected chi connectivity index (χ1v) is 9.94. The fraction of sp³-hybridized carbons (Fsp3) is 0.667. The number of carbonyl (C=O) groups excluding carboxylic acids is 1. The van der Waals surface area contributed by atoms with Gasteiger partial charge in [-0.3, -0.25) is 4.79 Å². The molecule has 1 spiro atoms. The Morgan fingerprint density at radius 3 is 2.81 bits per heavy atom. The molecule has 0 saturated carbocycles. The van der Waals surface area contributed by atoms with Gasteiger partial charge in [0.2, 0.25) is 5.91 Å². The van der Waals surface area contributed by atoms with Crippen LogP contribution in [0.25, 0.3) is 0 Å². The highest BCUT2D eigenvalue weighted by molar-refractivity contribution is 5.79. The number of likely N-dealkylation sites (tertiary alicyclic amines) is 2. The molecule has 150 valence electrons. The molecule has 2 atom stereocenters. The van der Waals surface area contributed by atoms with E-state index in [1.54, 1.807) is 19.2 Å². The number of nitrogens with zero attached hydrogens (tertiary/aromatic N) is 2. The van der Waals surface area contributed by atoms with Gasteiger partial charge in [0, 0.05) is 51.9 Å². The summed E-state index contributed by atoms with van der Waals surface area (Å²) in [5.41, 5.74) is 0.591. The zero-order valence-electron chi connectivity index (χ0n) is 16.2. The minimum atomic E-state index is -0.363. The van der Waals surface area contributed by atoms with E-state index in [9.17, 15) is 14.3 Å². The van der Waals surface area contributed by atoms with E-state index in [0.29, 0.717) is 6.54 Å². The number of rotatable bonds is 6. The number of amides is 1. The fourth-order valence-electron chi connectivity index (χ4n) is 4.53. The number of carbonyl (C=O) groups is 1. The smallest absolute Gasteiger partial charge is 0.227 e. The molecule has 0 aliphatic carbocycles. The number of aliphatic hydroxyl groups excluding tert-OH is 1. The molecule has 1 N–H and O–H groups in total. The van der Waals surface area contributed by atoms with Crippen LogP contribution in [0.3, 0.4) is 0 Å². The standard InChI is InChI=1S/C21H31FN2O3/c1-27-13-3-10-23-12-8-19(25)21(15-23)9-2-11-24(16-21)20(26)14-17-4-6-18(22)7-5-17/h4-7,19,25H,2-3,8-16H2,1H3/t19-,21-/m1/s1. The fourth-order valence-corrected chi connectivity index (χ4v) is 4.53. The Hall–Kier alpha value is -1.50. The summed E-state index contributed by atoms with van der Waals surface area (Å²) in [7, 11) is 1.72. The summed E-state index contributed by atoms with van der Waals surface area (Å²) in [6.45, 7) is 4.78. The molecule has 0 aromatic heterocycles. The lowest BCUT2D eigenvalue weighted by Gasteiger charge is -2.51. The molecular formula is C21H31FN2O3. The van der Waals surface area contributed by atoms with Crippen LogP contribution in [-0.4, -0.2) is 73.4 Å². The lowest BCUT2D eigenvalue weighted by Crippen LogP contribution is -2.60. The van der Waals surface area contributed by atoms with E-state index >= 15 is 0 Å². The largest absolute Gasteiger partial charge is 0.392 e. The van der Waals surface area contributed by atoms with Crippen molar-refractivity contribution >= 4 is 5.91 Å². The maximum Gasteiger partial charge on any atom is 0.227 e. The van der Waals surface area contributed by atoms with E-state index in [0.717, 1.165) is 64.0 Å². The van der Waals surface area contributed by atoms with Crippen LogP contribution in [0.15, 0.2) is 24.3 Å². The van der Waals surface area contributed by atoms with Crippen molar-refractivity contribution in [3.63, 3.8) is 0 Å². The molecule has 2 aliphatic rings. The average Bonchev–Trinajstić information content (AvgIpc) is 2.67. The van der Waals surface area contributed by atoms with Gasteiger partial charge in [0.1, 0.15) is 5.82 Å². The predicted molar refractivity (Wildman–Crippen MR) is 102 cm³/mol. The number of hydrogen-bond acceptors (Lipinski definition) is 4. The Morgan fingerprint density at radius 2 is 2.07 bits per heavy atom. The number of ether oxygens (including phenoxy) is 1. The molecule has 3 rings (SSSR count). The molecule has 2 saturated heterocycles. The Morgan fingerprint density at radius 1 is 1.30 bits per heavy atom. The van der Waals surface area contributed by atoms with Gasteiger partial charge in [-0.15, -0.1) is 0 Å². The van der Waals surface area contributed by atoms with Crippen molar-refractivity contribution in [2.45, 2.75) is 38.2 Å². The number of hydrogen-bond donors (Lipinski definition) is 1. The van der Waals surface area contributed by atoms with Crippen molar-refractivity contribution in [2.75, 3.05) is 46.4 Å². The molecule has 2 aliphatic heterocycles. The Bertz CT molecular complexity index is 624. The van der Waals surface area contributed by atoms with Crippen LogP contribution in [0.1, 0.15) is 31.2 Å². The van der Waals surface area contributed by atoms with Crippen LogP contribution in [0.2, 0.25) is 0 Å². The van der Waals surface area contributed by atoms with Crippen molar-refractivity contribution in [2.24, 2.45) is 5.41 Å². The SMILES string of the molecule is COCCCN1CC[C@@H](O)[C@]2(CCCN(C(=O)Cc3ccc(F)cc3)C2)C1. The van der Waals surface area contributed by atoms with Gasteiger partial charge in [0.05, 0.1) is 12.5 Å². The summed E-state index contributed by atoms with van der Waals surface area (Å²) in [6, 6.07) is 6.12. The van der Waals surface area contributed by atoms with Crippen molar-refractivity contribution in [3.8, 4) is 0 Å². The molecule has 0 radical (unpaired) electrons. The van der Waals surface area contributed by atoms with E-state index in [-0.39, 0.29) is 29.7 Å². The second-order valence-electron chi connectivity index (χ2n) is 8.01. The van der Waals surface area contributed by atoms with Gasteiger partial charge in [0.15, 0.2) is 0 Å². The minimum absolute atomic E-state index is 0.0596. The summed E-state index contributed by atoms with van der Waals surface area (Å²) in [6.07, 6.45) is 3.53. The predicted octanol–water partition coefficient (Wildman–Crippen LogP) is 2.08. The number of methoxy groups -OCH3 is 1. The van der Waals surface area contributed by atoms with E-state index in [4.69, 9.17) is 4.74 Å². The van der Waals surface area contributed by atoms with Gasteiger partial charge in [-0.25, -0.2) is 4.39 Å². The Labute approximate surface area is 161 Å². The quantitative estimate of drug-likeness (QED) is 0.770. The molecule has 1 aromatic rings. The van der Waals surface area contributed by atoms with E-state index in [2.05, 4.69) is 4.90 Å². The van der Waals surface area contributed by atoms with Crippen LogP contribution in [0.5, 0.6) is 0 Å². The minimum Gasteiger partial charge on any atom is -0.392 e. The van der Waals surface area contributed by atoms with Crippen LogP contribution in [0.4, 0.5) is 4.39 Å². The first-order valence-electron chi connectivity index (χ1n) is 9.94. The van der Waals surface area contributed by atoms with Gasteiger partial charge >= 0.3 is 0 Å². The zero-order chi connectivity index (χ0) is 19.3. The summed E-state index contributed by atoms with van der Waals surface area (Å²) >= 11 is 0. The van der Waals surface area contributed by atoms with Crippen molar-refractivity contribution in [1.82, 2.24) is 9.80 Å². The maximum atomic E-state index is 13.1. The monoisotopic (exact) mass is 378 g/mol. The highest BCUT2D eigenvalue weighted by Gasteiger charge is 2.46. The third-order valence-electron chi connectivity index (χ3n) is 6.02. The topological polar surface area (TPSA) is 53.0 Å². The third-order valence-corrected chi connectivity index (χ3v) is 6.02. The first kappa shape index (κ1) is 20.2. The second-order valence-corrected chi connectivity index (χ2v) is 8.01. The van der Waals surface area contributed by atoms with Crippen molar-refractivity contribution in [1.29, 1.82) is 0 Å². The molecule has 1 amide bonds. The number of aliphatic hydroxyl groups is 1. The number of piperidine rings is 2. The highest BCUT2D eigenvalue weighted by Crippen LogP contribution is 2.39. The van der Waals surface area contributed by atoms with Crippen molar-refractivity contribution in [3.05, 3.63) is 35.6 Å². The van der Waals surface area contributed by atoms with Gasteiger partial charge in [-0.2, -0.15) is 0 Å². The van der Waals surface area contributed by atoms with Crippen LogP contribution in [-0.2, 0) is 16.0 Å². The molecule has 2 fully saturated rings.